The molecule has 80 valence electrons. The Balaban J connectivity index is 2.22. The Bertz CT molecular complexity index is 226. The number of allylic oxidation sites excluding steroid dienone is 2. The van der Waals surface area contributed by atoms with Crippen LogP contribution in [0.25, 0.3) is 0 Å². The molecule has 0 aromatic carbocycles. The Morgan fingerprint density at radius 2 is 2.21 bits per heavy atom. The molecule has 0 radical (unpaired) electrons. The van der Waals surface area contributed by atoms with Gasteiger partial charge in [0.25, 0.3) is 0 Å². The predicted molar refractivity (Wildman–Crippen MR) is 62.3 cm³/mol. The number of rotatable bonds is 1. The minimum Gasteiger partial charge on any atom is -0.0848 e. The SMILES string of the molecule is CC[C@@]12CCCCC=C1C[C@@H](C)CC2. The van der Waals surface area contributed by atoms with Gasteiger partial charge in [0.2, 0.25) is 0 Å². The highest BCUT2D eigenvalue weighted by Crippen LogP contribution is 2.50. The van der Waals surface area contributed by atoms with E-state index in [-0.39, 0.29) is 0 Å². The van der Waals surface area contributed by atoms with Crippen LogP contribution in [-0.4, -0.2) is 0 Å². The van der Waals surface area contributed by atoms with Crippen molar-refractivity contribution in [2.75, 3.05) is 0 Å². The van der Waals surface area contributed by atoms with Gasteiger partial charge in [0, 0.05) is 0 Å². The number of hydrogen-bond acceptors (Lipinski definition) is 0. The van der Waals surface area contributed by atoms with Crippen LogP contribution in [-0.2, 0) is 0 Å². The van der Waals surface area contributed by atoms with E-state index in [1.54, 1.807) is 0 Å². The number of hydrogen-bond donors (Lipinski definition) is 0. The Kier molecular flexibility index (Phi) is 2.99. The van der Waals surface area contributed by atoms with Crippen molar-refractivity contribution in [1.82, 2.24) is 0 Å². The van der Waals surface area contributed by atoms with Gasteiger partial charge in [-0.05, 0) is 56.3 Å². The smallest absolute Gasteiger partial charge is 0.00905 e. The summed E-state index contributed by atoms with van der Waals surface area (Å²) < 4.78 is 0. The van der Waals surface area contributed by atoms with Crippen LogP contribution in [0.1, 0.15) is 65.2 Å². The zero-order valence-corrected chi connectivity index (χ0v) is 9.81. The molecule has 0 saturated heterocycles. The molecule has 2 rings (SSSR count). The first-order valence-electron chi connectivity index (χ1n) is 6.46. The van der Waals surface area contributed by atoms with E-state index < -0.39 is 0 Å². The van der Waals surface area contributed by atoms with Crippen LogP contribution in [0.3, 0.4) is 0 Å². The molecule has 0 spiro atoms. The fourth-order valence-electron chi connectivity index (χ4n) is 3.43. The lowest BCUT2D eigenvalue weighted by molar-refractivity contribution is 0.210. The van der Waals surface area contributed by atoms with E-state index in [2.05, 4.69) is 19.9 Å². The van der Waals surface area contributed by atoms with E-state index in [1.807, 2.05) is 5.57 Å². The zero-order chi connectivity index (χ0) is 10.0. The third kappa shape index (κ3) is 1.76. The fraction of sp³-hybridized carbons (Fsp3) is 0.857. The Morgan fingerprint density at radius 1 is 1.36 bits per heavy atom. The van der Waals surface area contributed by atoms with Crippen LogP contribution in [0.2, 0.25) is 0 Å². The molecule has 2 atom stereocenters. The predicted octanol–water partition coefficient (Wildman–Crippen LogP) is 4.70. The summed E-state index contributed by atoms with van der Waals surface area (Å²) in [4.78, 5) is 0. The van der Waals surface area contributed by atoms with Gasteiger partial charge in [-0.3, -0.25) is 0 Å². The number of fused-ring (bicyclic) bond motifs is 1. The summed E-state index contributed by atoms with van der Waals surface area (Å²) in [6.45, 7) is 4.82. The summed E-state index contributed by atoms with van der Waals surface area (Å²) in [5, 5.41) is 0. The Morgan fingerprint density at radius 3 is 3.00 bits per heavy atom. The molecule has 0 aromatic rings. The van der Waals surface area contributed by atoms with Gasteiger partial charge in [-0.1, -0.05) is 31.9 Å². The molecule has 0 unspecified atom stereocenters. The van der Waals surface area contributed by atoms with Gasteiger partial charge >= 0.3 is 0 Å². The van der Waals surface area contributed by atoms with Crippen molar-refractivity contribution in [1.29, 1.82) is 0 Å². The lowest BCUT2D eigenvalue weighted by atomic mass is 9.64. The van der Waals surface area contributed by atoms with Gasteiger partial charge in [-0.25, -0.2) is 0 Å². The fourth-order valence-corrected chi connectivity index (χ4v) is 3.43. The van der Waals surface area contributed by atoms with Crippen molar-refractivity contribution in [2.45, 2.75) is 65.2 Å². The Hall–Kier alpha value is -0.260. The molecule has 0 N–H and O–H groups in total. The third-order valence-electron chi connectivity index (χ3n) is 4.54. The quantitative estimate of drug-likeness (QED) is 0.528. The van der Waals surface area contributed by atoms with Crippen molar-refractivity contribution in [3.05, 3.63) is 11.6 Å². The second-order valence-corrected chi connectivity index (χ2v) is 5.46. The van der Waals surface area contributed by atoms with Crippen molar-refractivity contribution >= 4 is 0 Å². The highest BCUT2D eigenvalue weighted by atomic mass is 14.4. The standard InChI is InChI=1S/C14H24/c1-3-14-9-6-4-5-7-13(14)11-12(2)8-10-14/h7,12H,3-6,8-11H2,1-2H3/t12-,14-/m0/s1. The molecular formula is C14H24. The van der Waals surface area contributed by atoms with Crippen molar-refractivity contribution < 1.29 is 0 Å². The molecule has 0 bridgehead atoms. The van der Waals surface area contributed by atoms with Crippen LogP contribution in [0, 0.1) is 11.3 Å². The van der Waals surface area contributed by atoms with E-state index in [1.165, 1.54) is 51.4 Å². The van der Waals surface area contributed by atoms with E-state index in [0.29, 0.717) is 5.41 Å². The molecule has 0 aromatic heterocycles. The van der Waals surface area contributed by atoms with Crippen LogP contribution in [0.4, 0.5) is 0 Å². The van der Waals surface area contributed by atoms with Crippen LogP contribution >= 0.6 is 0 Å². The van der Waals surface area contributed by atoms with Crippen LogP contribution in [0.15, 0.2) is 11.6 Å². The van der Waals surface area contributed by atoms with Gasteiger partial charge in [0.15, 0.2) is 0 Å². The summed E-state index contributed by atoms with van der Waals surface area (Å²) in [6, 6.07) is 0. The molecule has 0 heteroatoms. The average Bonchev–Trinajstić information content (AvgIpc) is 2.40. The van der Waals surface area contributed by atoms with Crippen LogP contribution < -0.4 is 0 Å². The first-order chi connectivity index (χ1) is 6.77. The van der Waals surface area contributed by atoms with Crippen molar-refractivity contribution in [2.24, 2.45) is 11.3 Å². The summed E-state index contributed by atoms with van der Waals surface area (Å²) in [5.74, 6) is 0.944. The molecular weight excluding hydrogens is 168 g/mol. The molecule has 1 fully saturated rings. The Labute approximate surface area is 88.8 Å². The molecule has 2 aliphatic rings. The maximum absolute atomic E-state index is 2.59. The topological polar surface area (TPSA) is 0 Å². The summed E-state index contributed by atoms with van der Waals surface area (Å²) in [5.41, 5.74) is 2.47. The molecule has 1 saturated carbocycles. The van der Waals surface area contributed by atoms with Gasteiger partial charge in [-0.15, -0.1) is 0 Å². The van der Waals surface area contributed by atoms with Crippen molar-refractivity contribution in [3.8, 4) is 0 Å². The van der Waals surface area contributed by atoms with E-state index in [0.717, 1.165) is 5.92 Å². The first-order valence-corrected chi connectivity index (χ1v) is 6.46. The lowest BCUT2D eigenvalue weighted by Gasteiger charge is -2.41. The largest absolute Gasteiger partial charge is 0.0848 e. The second kappa shape index (κ2) is 4.08. The molecule has 14 heavy (non-hydrogen) atoms. The maximum Gasteiger partial charge on any atom is -0.00905 e. The van der Waals surface area contributed by atoms with Crippen molar-refractivity contribution in [3.63, 3.8) is 0 Å². The normalized spacial score (nSPS) is 38.4. The first kappa shape index (κ1) is 10.3. The molecule has 0 aliphatic heterocycles. The summed E-state index contributed by atoms with van der Waals surface area (Å²) in [7, 11) is 0. The highest BCUT2D eigenvalue weighted by Gasteiger charge is 2.36. The maximum atomic E-state index is 2.59. The van der Waals surface area contributed by atoms with Gasteiger partial charge in [0.1, 0.15) is 0 Å². The average molecular weight is 192 g/mol. The monoisotopic (exact) mass is 192 g/mol. The van der Waals surface area contributed by atoms with Crippen LogP contribution in [0.5, 0.6) is 0 Å². The minimum absolute atomic E-state index is 0.642. The molecule has 0 heterocycles. The van der Waals surface area contributed by atoms with E-state index in [9.17, 15) is 0 Å². The minimum atomic E-state index is 0.642. The molecule has 2 aliphatic carbocycles. The third-order valence-corrected chi connectivity index (χ3v) is 4.54. The summed E-state index contributed by atoms with van der Waals surface area (Å²) in [6.07, 6.45) is 14.0. The highest BCUT2D eigenvalue weighted by molar-refractivity contribution is 5.19. The lowest BCUT2D eigenvalue weighted by Crippen LogP contribution is -2.28. The van der Waals surface area contributed by atoms with Gasteiger partial charge in [0.05, 0.1) is 0 Å². The van der Waals surface area contributed by atoms with Gasteiger partial charge < -0.3 is 0 Å². The summed E-state index contributed by atoms with van der Waals surface area (Å²) >= 11 is 0. The second-order valence-electron chi connectivity index (χ2n) is 5.46. The zero-order valence-electron chi connectivity index (χ0n) is 9.81. The van der Waals surface area contributed by atoms with Gasteiger partial charge in [-0.2, -0.15) is 0 Å². The molecule has 0 nitrogen and oxygen atoms in total. The van der Waals surface area contributed by atoms with E-state index in [4.69, 9.17) is 0 Å². The molecule has 0 amide bonds. The van der Waals surface area contributed by atoms with E-state index >= 15 is 0 Å².